The SMILES string of the molecule is COC1([C@@H]2C[C@H]3CC[C@]2(C)C3(C)C)CCCCC1=O. The van der Waals surface area contributed by atoms with Crippen molar-refractivity contribution in [3.05, 3.63) is 0 Å². The third-order valence-corrected chi connectivity index (χ3v) is 7.40. The Morgan fingerprint density at radius 2 is 1.89 bits per heavy atom. The highest BCUT2D eigenvalue weighted by molar-refractivity contribution is 5.88. The van der Waals surface area contributed by atoms with Crippen LogP contribution in [0, 0.1) is 22.7 Å². The van der Waals surface area contributed by atoms with Crippen LogP contribution in [0.4, 0.5) is 0 Å². The van der Waals surface area contributed by atoms with E-state index in [2.05, 4.69) is 20.8 Å². The van der Waals surface area contributed by atoms with Crippen molar-refractivity contribution in [2.75, 3.05) is 7.11 Å². The molecule has 2 bridgehead atoms. The molecule has 0 N–H and O–H groups in total. The predicted molar refractivity (Wildman–Crippen MR) is 75.9 cm³/mol. The summed E-state index contributed by atoms with van der Waals surface area (Å²) < 4.78 is 5.94. The molecule has 0 amide bonds. The Labute approximate surface area is 117 Å². The quantitative estimate of drug-likeness (QED) is 0.754. The number of fused-ring (bicyclic) bond motifs is 2. The molecule has 0 spiro atoms. The number of ketones is 1. The van der Waals surface area contributed by atoms with Crippen LogP contribution >= 0.6 is 0 Å². The van der Waals surface area contributed by atoms with E-state index < -0.39 is 5.60 Å². The minimum Gasteiger partial charge on any atom is -0.370 e. The molecule has 3 fully saturated rings. The van der Waals surface area contributed by atoms with Crippen LogP contribution in [0.2, 0.25) is 0 Å². The molecule has 3 aliphatic rings. The second-order valence-electron chi connectivity index (χ2n) is 7.89. The largest absolute Gasteiger partial charge is 0.370 e. The number of carbonyl (C=O) groups is 1. The van der Waals surface area contributed by atoms with Crippen molar-refractivity contribution in [2.24, 2.45) is 22.7 Å². The Kier molecular flexibility index (Phi) is 2.91. The molecule has 3 saturated carbocycles. The summed E-state index contributed by atoms with van der Waals surface area (Å²) in [5.41, 5.74) is 0.182. The van der Waals surface area contributed by atoms with E-state index in [-0.39, 0.29) is 5.41 Å². The Balaban J connectivity index is 2.00. The van der Waals surface area contributed by atoms with Gasteiger partial charge in [0.25, 0.3) is 0 Å². The second kappa shape index (κ2) is 4.07. The van der Waals surface area contributed by atoms with Gasteiger partial charge in [0.15, 0.2) is 5.78 Å². The van der Waals surface area contributed by atoms with E-state index in [1.807, 2.05) is 0 Å². The lowest BCUT2D eigenvalue weighted by Crippen LogP contribution is -2.55. The lowest BCUT2D eigenvalue weighted by atomic mass is 9.59. The summed E-state index contributed by atoms with van der Waals surface area (Å²) in [6.45, 7) is 7.26. The molecule has 108 valence electrons. The summed E-state index contributed by atoms with van der Waals surface area (Å²) >= 11 is 0. The minimum absolute atomic E-state index is 0.278. The number of hydrogen-bond acceptors (Lipinski definition) is 2. The van der Waals surface area contributed by atoms with Crippen molar-refractivity contribution >= 4 is 5.78 Å². The number of carbonyl (C=O) groups excluding carboxylic acids is 1. The molecule has 3 rings (SSSR count). The number of ether oxygens (including phenoxy) is 1. The average molecular weight is 264 g/mol. The highest BCUT2D eigenvalue weighted by Crippen LogP contribution is 2.71. The smallest absolute Gasteiger partial charge is 0.164 e. The van der Waals surface area contributed by atoms with Gasteiger partial charge >= 0.3 is 0 Å². The molecule has 0 aromatic rings. The first-order valence-corrected chi connectivity index (χ1v) is 7.97. The third-order valence-electron chi connectivity index (χ3n) is 7.40. The predicted octanol–water partition coefficient (Wildman–Crippen LogP) is 3.98. The van der Waals surface area contributed by atoms with Crippen LogP contribution in [0.1, 0.15) is 65.7 Å². The molecular formula is C17H28O2. The highest BCUT2D eigenvalue weighted by atomic mass is 16.5. The number of rotatable bonds is 2. The molecule has 2 heteroatoms. The van der Waals surface area contributed by atoms with Crippen LogP contribution in [0.25, 0.3) is 0 Å². The van der Waals surface area contributed by atoms with Gasteiger partial charge in [-0.2, -0.15) is 0 Å². The van der Waals surface area contributed by atoms with Gasteiger partial charge in [0, 0.05) is 19.4 Å². The van der Waals surface area contributed by atoms with Gasteiger partial charge < -0.3 is 4.74 Å². The Bertz CT molecular complexity index is 400. The van der Waals surface area contributed by atoms with Crippen molar-refractivity contribution in [3.8, 4) is 0 Å². The summed E-state index contributed by atoms with van der Waals surface area (Å²) in [7, 11) is 1.77. The first-order chi connectivity index (χ1) is 8.88. The second-order valence-corrected chi connectivity index (χ2v) is 7.89. The highest BCUT2D eigenvalue weighted by Gasteiger charge is 2.67. The fraction of sp³-hybridized carbons (Fsp3) is 0.941. The van der Waals surface area contributed by atoms with Gasteiger partial charge in [-0.05, 0) is 55.3 Å². The molecular weight excluding hydrogens is 236 g/mol. The van der Waals surface area contributed by atoms with E-state index in [0.29, 0.717) is 17.1 Å². The van der Waals surface area contributed by atoms with Crippen molar-refractivity contribution in [3.63, 3.8) is 0 Å². The number of methoxy groups -OCH3 is 1. The zero-order valence-corrected chi connectivity index (χ0v) is 12.9. The van der Waals surface area contributed by atoms with E-state index >= 15 is 0 Å². The maximum atomic E-state index is 12.6. The van der Waals surface area contributed by atoms with Crippen molar-refractivity contribution in [1.29, 1.82) is 0 Å². The van der Waals surface area contributed by atoms with E-state index in [1.165, 1.54) is 19.3 Å². The first kappa shape index (κ1) is 13.6. The fourth-order valence-electron chi connectivity index (χ4n) is 5.66. The monoisotopic (exact) mass is 264 g/mol. The van der Waals surface area contributed by atoms with Gasteiger partial charge in [-0.1, -0.05) is 20.8 Å². The van der Waals surface area contributed by atoms with E-state index in [1.54, 1.807) is 7.11 Å². The topological polar surface area (TPSA) is 26.3 Å². The lowest BCUT2D eigenvalue weighted by Gasteiger charge is -2.49. The number of Topliss-reactive ketones (excluding diaryl/α,β-unsaturated/α-hetero) is 1. The summed E-state index contributed by atoms with van der Waals surface area (Å²) in [6.07, 6.45) is 7.69. The molecule has 0 aliphatic heterocycles. The molecule has 19 heavy (non-hydrogen) atoms. The first-order valence-electron chi connectivity index (χ1n) is 7.97. The Hall–Kier alpha value is -0.370. The van der Waals surface area contributed by atoms with Crippen molar-refractivity contribution in [1.82, 2.24) is 0 Å². The van der Waals surface area contributed by atoms with Crippen molar-refractivity contribution in [2.45, 2.75) is 71.3 Å². The van der Waals surface area contributed by atoms with Crippen molar-refractivity contribution < 1.29 is 9.53 Å². The van der Waals surface area contributed by atoms with Gasteiger partial charge in [0.05, 0.1) is 0 Å². The van der Waals surface area contributed by atoms with Gasteiger partial charge in [0.2, 0.25) is 0 Å². The molecule has 4 atom stereocenters. The maximum Gasteiger partial charge on any atom is 0.164 e. The average Bonchev–Trinajstić information content (AvgIpc) is 2.72. The summed E-state index contributed by atoms with van der Waals surface area (Å²) in [4.78, 5) is 12.6. The summed E-state index contributed by atoms with van der Waals surface area (Å²) in [6, 6.07) is 0. The molecule has 0 heterocycles. The third kappa shape index (κ3) is 1.50. The Morgan fingerprint density at radius 3 is 2.37 bits per heavy atom. The molecule has 0 aromatic carbocycles. The van der Waals surface area contributed by atoms with Gasteiger partial charge in [0.1, 0.15) is 5.60 Å². The maximum absolute atomic E-state index is 12.6. The molecule has 3 aliphatic carbocycles. The van der Waals surface area contributed by atoms with Crippen LogP contribution < -0.4 is 0 Å². The van der Waals surface area contributed by atoms with E-state index in [0.717, 1.165) is 31.6 Å². The number of hydrogen-bond donors (Lipinski definition) is 0. The normalized spacial score (nSPS) is 48.7. The van der Waals surface area contributed by atoms with Crippen LogP contribution in [0.15, 0.2) is 0 Å². The van der Waals surface area contributed by atoms with Crippen LogP contribution in [-0.4, -0.2) is 18.5 Å². The van der Waals surface area contributed by atoms with Crippen LogP contribution in [0.3, 0.4) is 0 Å². The zero-order valence-electron chi connectivity index (χ0n) is 12.9. The molecule has 1 unspecified atom stereocenters. The van der Waals surface area contributed by atoms with Crippen LogP contribution in [-0.2, 0) is 9.53 Å². The molecule has 0 radical (unpaired) electrons. The minimum atomic E-state index is -0.459. The molecule has 0 aromatic heterocycles. The fourth-order valence-corrected chi connectivity index (χ4v) is 5.66. The summed E-state index contributed by atoms with van der Waals surface area (Å²) in [5, 5.41) is 0. The summed E-state index contributed by atoms with van der Waals surface area (Å²) in [5.74, 6) is 1.60. The zero-order chi connectivity index (χ0) is 13.9. The van der Waals surface area contributed by atoms with Gasteiger partial charge in [-0.25, -0.2) is 0 Å². The van der Waals surface area contributed by atoms with E-state index in [9.17, 15) is 4.79 Å². The molecule has 2 nitrogen and oxygen atoms in total. The Morgan fingerprint density at radius 1 is 1.16 bits per heavy atom. The standard InChI is InChI=1S/C17H28O2/c1-15(2)12-8-10-16(15,3)13(11-12)17(19-4)9-6-5-7-14(17)18/h12-13H,5-11H2,1-4H3/t12-,13-,16+,17?/m1/s1. The van der Waals surface area contributed by atoms with Gasteiger partial charge in [-0.15, -0.1) is 0 Å². The van der Waals surface area contributed by atoms with E-state index in [4.69, 9.17) is 4.74 Å². The van der Waals surface area contributed by atoms with Gasteiger partial charge in [-0.3, -0.25) is 4.79 Å². The van der Waals surface area contributed by atoms with Crippen LogP contribution in [0.5, 0.6) is 0 Å². The molecule has 0 saturated heterocycles. The lowest BCUT2D eigenvalue weighted by molar-refractivity contribution is -0.164.